The van der Waals surface area contributed by atoms with E-state index in [1.54, 1.807) is 29.3 Å². The zero-order chi connectivity index (χ0) is 32.9. The number of ether oxygens (including phenoxy) is 2. The summed E-state index contributed by atoms with van der Waals surface area (Å²) in [4.78, 5) is 29.4. The topological polar surface area (TPSA) is 83.1 Å². The van der Waals surface area contributed by atoms with Crippen LogP contribution in [0.5, 0.6) is 11.5 Å². The van der Waals surface area contributed by atoms with Crippen molar-refractivity contribution in [2.45, 2.75) is 46.1 Å². The van der Waals surface area contributed by atoms with Gasteiger partial charge in [-0.3, -0.25) is 4.90 Å². The predicted octanol–water partition coefficient (Wildman–Crippen LogP) is 6.99. The Morgan fingerprint density at radius 1 is 1.02 bits per heavy atom. The van der Waals surface area contributed by atoms with Gasteiger partial charge in [0.05, 0.1) is 12.6 Å². The van der Waals surface area contributed by atoms with E-state index in [2.05, 4.69) is 39.3 Å². The number of likely N-dealkylation sites (N-methyl/N-ethyl adjacent to an activating group) is 1. The van der Waals surface area contributed by atoms with Gasteiger partial charge in [0.15, 0.2) is 11.6 Å². The number of anilines is 3. The summed E-state index contributed by atoms with van der Waals surface area (Å²) in [5.41, 5.74) is 5.61. The van der Waals surface area contributed by atoms with E-state index in [-0.39, 0.29) is 17.7 Å². The Bertz CT molecular complexity index is 1700. The van der Waals surface area contributed by atoms with Crippen LogP contribution in [0.4, 0.5) is 26.6 Å². The van der Waals surface area contributed by atoms with E-state index in [1.807, 2.05) is 45.0 Å². The molecule has 1 N–H and O–H groups in total. The lowest BCUT2D eigenvalue weighted by Crippen LogP contribution is -2.44. The lowest BCUT2D eigenvalue weighted by Gasteiger charge is -2.32. The van der Waals surface area contributed by atoms with Crippen LogP contribution >= 0.6 is 0 Å². The molecule has 0 saturated carbocycles. The number of nitrogens with one attached hydrogen (secondary N) is 1. The molecule has 0 bridgehead atoms. The number of aromatic nitrogens is 2. The van der Waals surface area contributed by atoms with Crippen molar-refractivity contribution in [3.63, 3.8) is 0 Å². The summed E-state index contributed by atoms with van der Waals surface area (Å²) in [6.45, 7) is 11.5. The van der Waals surface area contributed by atoms with Crippen LogP contribution < -0.4 is 19.7 Å². The highest BCUT2D eigenvalue weighted by atomic mass is 19.1. The molecule has 1 saturated heterocycles. The van der Waals surface area contributed by atoms with Crippen molar-refractivity contribution in [2.75, 3.05) is 56.6 Å². The second-order valence-electron chi connectivity index (χ2n) is 12.6. The van der Waals surface area contributed by atoms with E-state index in [0.717, 1.165) is 74.2 Å². The average molecular weight is 639 g/mol. The number of carbonyl (C=O) groups excluding carboxylic acids is 1. The van der Waals surface area contributed by atoms with Crippen molar-refractivity contribution in [3.8, 4) is 11.5 Å². The highest BCUT2D eigenvalue weighted by Gasteiger charge is 2.35. The number of hydrogen-bond acceptors (Lipinski definition) is 8. The Morgan fingerprint density at radius 3 is 2.55 bits per heavy atom. The first kappa shape index (κ1) is 32.4. The van der Waals surface area contributed by atoms with Gasteiger partial charge in [-0.05, 0) is 87.5 Å². The smallest absolute Gasteiger partial charge is 0.421 e. The molecule has 1 atom stereocenters. The normalized spacial score (nSPS) is 16.5. The Hall–Kier alpha value is -4.54. The molecule has 1 fully saturated rings. The van der Waals surface area contributed by atoms with E-state index in [0.29, 0.717) is 23.9 Å². The molecule has 2 aliphatic rings. The fourth-order valence-corrected chi connectivity index (χ4v) is 6.56. The Kier molecular flexibility index (Phi) is 9.98. The third kappa shape index (κ3) is 7.72. The first-order chi connectivity index (χ1) is 22.7. The van der Waals surface area contributed by atoms with Crippen LogP contribution in [-0.2, 0) is 6.42 Å². The summed E-state index contributed by atoms with van der Waals surface area (Å²) in [6.07, 6.45) is 3.47. The number of nitrogens with zero attached hydrogens (tertiary/aromatic N) is 5. The number of piperazine rings is 1. The second-order valence-corrected chi connectivity index (χ2v) is 12.6. The zero-order valence-electron chi connectivity index (χ0n) is 27.6. The highest BCUT2D eigenvalue weighted by molar-refractivity contribution is 5.90. The lowest BCUT2D eigenvalue weighted by molar-refractivity contribution is 0.145. The van der Waals surface area contributed by atoms with E-state index in [4.69, 9.17) is 14.5 Å². The van der Waals surface area contributed by atoms with Crippen LogP contribution in [0.1, 0.15) is 46.7 Å². The van der Waals surface area contributed by atoms with E-state index >= 15 is 4.39 Å². The summed E-state index contributed by atoms with van der Waals surface area (Å²) in [6, 6.07) is 18.3. The molecule has 246 valence electrons. The van der Waals surface area contributed by atoms with Gasteiger partial charge in [-0.2, -0.15) is 4.98 Å². The SMILES string of the molecule is Cc1cc(C)c(OC(=O)N(c2ccnc(Nc3ccc(OCCCN4CCN(C)CC4)c(F)c3)n2)C2CCc3ccccc32)c(C)c1. The number of carbonyl (C=O) groups is 1. The van der Waals surface area contributed by atoms with Gasteiger partial charge >= 0.3 is 6.09 Å². The van der Waals surface area contributed by atoms with Crippen LogP contribution in [-0.4, -0.2) is 72.2 Å². The summed E-state index contributed by atoms with van der Waals surface area (Å²) < 4.78 is 26.9. The van der Waals surface area contributed by atoms with Crippen molar-refractivity contribution >= 4 is 23.5 Å². The molecule has 6 rings (SSSR count). The van der Waals surface area contributed by atoms with Crippen LogP contribution in [0.3, 0.4) is 0 Å². The van der Waals surface area contributed by atoms with Gasteiger partial charge in [0.1, 0.15) is 11.6 Å². The number of benzene rings is 3. The molecular weight excluding hydrogens is 595 g/mol. The summed E-state index contributed by atoms with van der Waals surface area (Å²) in [5, 5.41) is 3.10. The first-order valence-electron chi connectivity index (χ1n) is 16.3. The molecule has 3 aromatic carbocycles. The van der Waals surface area contributed by atoms with Crippen molar-refractivity contribution in [2.24, 2.45) is 0 Å². The molecule has 2 heterocycles. The minimum Gasteiger partial charge on any atom is -0.490 e. The summed E-state index contributed by atoms with van der Waals surface area (Å²) >= 11 is 0. The first-order valence-corrected chi connectivity index (χ1v) is 16.3. The minimum atomic E-state index is -0.522. The van der Waals surface area contributed by atoms with Crippen molar-refractivity contribution < 1.29 is 18.7 Å². The molecule has 4 aromatic rings. The molecule has 1 aliphatic carbocycles. The van der Waals surface area contributed by atoms with Crippen LogP contribution in [0.25, 0.3) is 0 Å². The van der Waals surface area contributed by atoms with Crippen LogP contribution in [0.2, 0.25) is 0 Å². The van der Waals surface area contributed by atoms with Crippen molar-refractivity contribution in [1.29, 1.82) is 0 Å². The van der Waals surface area contributed by atoms with Crippen molar-refractivity contribution in [3.05, 3.63) is 100 Å². The molecule has 47 heavy (non-hydrogen) atoms. The second kappa shape index (κ2) is 14.5. The van der Waals surface area contributed by atoms with Gasteiger partial charge in [-0.25, -0.2) is 14.2 Å². The fourth-order valence-electron chi connectivity index (χ4n) is 6.56. The van der Waals surface area contributed by atoms with Crippen LogP contribution in [0.15, 0.2) is 66.9 Å². The molecule has 1 aliphatic heterocycles. The molecule has 1 amide bonds. The van der Waals surface area contributed by atoms with Gasteiger partial charge in [0.2, 0.25) is 5.95 Å². The zero-order valence-corrected chi connectivity index (χ0v) is 27.6. The maximum absolute atomic E-state index is 15.0. The Labute approximate surface area is 276 Å². The Morgan fingerprint density at radius 2 is 1.79 bits per heavy atom. The molecule has 0 spiro atoms. The Balaban J connectivity index is 1.17. The number of fused-ring (bicyclic) bond motifs is 1. The minimum absolute atomic E-state index is 0.208. The monoisotopic (exact) mass is 638 g/mol. The van der Waals surface area contributed by atoms with Gasteiger partial charge in [0, 0.05) is 50.7 Å². The van der Waals surface area contributed by atoms with Crippen molar-refractivity contribution in [1.82, 2.24) is 19.8 Å². The maximum Gasteiger partial charge on any atom is 0.421 e. The van der Waals surface area contributed by atoms with E-state index in [1.165, 1.54) is 11.6 Å². The molecule has 10 heteroatoms. The van der Waals surface area contributed by atoms with Gasteiger partial charge in [0.25, 0.3) is 0 Å². The van der Waals surface area contributed by atoms with Gasteiger partial charge in [-0.15, -0.1) is 0 Å². The standard InChI is InChI=1S/C37H43FN6O3/c1-25-22-26(2)35(27(3)23-25)47-37(45)44(32-12-10-28-8-5-6-9-30(28)32)34-14-15-39-36(41-34)40-29-11-13-33(31(38)24-29)46-21-7-16-43-19-17-42(4)18-20-43/h5-6,8-9,11,13-15,22-24,32H,7,10,12,16-21H2,1-4H3,(H,39,40,41). The average Bonchev–Trinajstić information content (AvgIpc) is 3.47. The number of halogens is 1. The van der Waals surface area contributed by atoms with Gasteiger partial charge in [-0.1, -0.05) is 42.0 Å². The van der Waals surface area contributed by atoms with Gasteiger partial charge < -0.3 is 24.6 Å². The number of rotatable bonds is 10. The number of hydrogen-bond donors (Lipinski definition) is 1. The molecule has 9 nitrogen and oxygen atoms in total. The van der Waals surface area contributed by atoms with E-state index in [9.17, 15) is 4.79 Å². The van der Waals surface area contributed by atoms with E-state index < -0.39 is 11.9 Å². The lowest BCUT2D eigenvalue weighted by atomic mass is 10.1. The predicted molar refractivity (Wildman–Crippen MR) is 182 cm³/mol. The highest BCUT2D eigenvalue weighted by Crippen LogP contribution is 2.39. The quantitative estimate of drug-likeness (QED) is 0.186. The maximum atomic E-state index is 15.0. The molecule has 0 radical (unpaired) electrons. The third-order valence-corrected chi connectivity index (χ3v) is 8.95. The fraction of sp³-hybridized carbons (Fsp3) is 0.378. The summed E-state index contributed by atoms with van der Waals surface area (Å²) in [5.74, 6) is 0.898. The number of aryl methyl sites for hydroxylation is 4. The molecule has 1 aromatic heterocycles. The molecular formula is C37H43FN6O3. The summed E-state index contributed by atoms with van der Waals surface area (Å²) in [7, 11) is 2.14. The molecule has 1 unspecified atom stereocenters. The third-order valence-electron chi connectivity index (χ3n) is 8.95. The largest absolute Gasteiger partial charge is 0.490 e. The number of amides is 1. The van der Waals surface area contributed by atoms with Crippen LogP contribution in [0, 0.1) is 26.6 Å².